The topological polar surface area (TPSA) is 18.5 Å². The van der Waals surface area contributed by atoms with Crippen molar-refractivity contribution >= 4 is 23.0 Å². The molecule has 0 amide bonds. The van der Waals surface area contributed by atoms with Gasteiger partial charge >= 0.3 is 0 Å². The molecule has 1 heterocycles. The fraction of sp³-hybridized carbons (Fsp3) is 0.650. The minimum absolute atomic E-state index is 0.647. The predicted molar refractivity (Wildman–Crippen MR) is 105 cm³/mol. The number of nitrogens with one attached hydrogen (secondary N) is 1. The van der Waals surface area contributed by atoms with Crippen molar-refractivity contribution in [1.29, 1.82) is 0 Å². The number of thiocarbonyl (C=S) groups is 1. The van der Waals surface area contributed by atoms with Gasteiger partial charge in [0.15, 0.2) is 5.11 Å². The van der Waals surface area contributed by atoms with Crippen molar-refractivity contribution < 1.29 is 0 Å². The Hall–Kier alpha value is -1.29. The lowest BCUT2D eigenvalue weighted by Crippen LogP contribution is -2.54. The van der Waals surface area contributed by atoms with E-state index in [4.69, 9.17) is 12.2 Å². The summed E-state index contributed by atoms with van der Waals surface area (Å²) in [5.41, 5.74) is 4.18. The first-order chi connectivity index (χ1) is 11.6. The highest BCUT2D eigenvalue weighted by Gasteiger charge is 2.40. The Morgan fingerprint density at radius 2 is 1.88 bits per heavy atom. The van der Waals surface area contributed by atoms with E-state index in [-0.39, 0.29) is 0 Å². The number of hydrogen-bond acceptors (Lipinski definition) is 2. The number of anilines is 1. The van der Waals surface area contributed by atoms with Gasteiger partial charge in [-0.3, -0.25) is 0 Å². The van der Waals surface area contributed by atoms with Crippen molar-refractivity contribution in [3.63, 3.8) is 0 Å². The minimum atomic E-state index is 0.647. The Kier molecular flexibility index (Phi) is 4.42. The molecule has 4 heteroatoms. The summed E-state index contributed by atoms with van der Waals surface area (Å²) in [6, 6.07) is 7.27. The zero-order valence-electron chi connectivity index (χ0n) is 14.9. The van der Waals surface area contributed by atoms with Crippen LogP contribution in [-0.4, -0.2) is 42.2 Å². The zero-order valence-corrected chi connectivity index (χ0v) is 15.7. The van der Waals surface area contributed by atoms with Crippen LogP contribution in [0.15, 0.2) is 18.2 Å². The van der Waals surface area contributed by atoms with Crippen LogP contribution in [0.1, 0.15) is 36.8 Å². The molecule has 2 aliphatic carbocycles. The number of aryl methyl sites for hydroxylation is 1. The molecule has 3 nitrogen and oxygen atoms in total. The first-order valence-electron chi connectivity index (χ1n) is 9.48. The molecule has 1 aliphatic heterocycles. The molecule has 1 saturated heterocycles. The van der Waals surface area contributed by atoms with E-state index >= 15 is 0 Å². The molecule has 0 spiro atoms. The fourth-order valence-electron chi connectivity index (χ4n) is 4.90. The number of nitrogens with zero attached hydrogens (tertiary/aromatic N) is 2. The Balaban J connectivity index is 1.32. The molecule has 130 valence electrons. The molecule has 2 bridgehead atoms. The number of hydrogen-bond donors (Lipinski definition) is 1. The highest BCUT2D eigenvalue weighted by molar-refractivity contribution is 7.80. The van der Waals surface area contributed by atoms with Crippen molar-refractivity contribution in [3.05, 3.63) is 29.3 Å². The zero-order chi connectivity index (χ0) is 16.7. The molecule has 1 aromatic carbocycles. The van der Waals surface area contributed by atoms with Gasteiger partial charge in [0, 0.05) is 37.9 Å². The van der Waals surface area contributed by atoms with Gasteiger partial charge in [-0.05, 0) is 74.4 Å². The molecular formula is C20H29N3S. The second-order valence-corrected chi connectivity index (χ2v) is 8.31. The molecule has 0 unspecified atom stereocenters. The molecule has 3 fully saturated rings. The van der Waals surface area contributed by atoms with Gasteiger partial charge in [0.25, 0.3) is 0 Å². The van der Waals surface area contributed by atoms with Crippen LogP contribution < -0.4 is 10.2 Å². The van der Waals surface area contributed by atoms with E-state index < -0.39 is 0 Å². The fourth-order valence-corrected chi connectivity index (χ4v) is 5.23. The molecular weight excluding hydrogens is 314 g/mol. The van der Waals surface area contributed by atoms with Gasteiger partial charge in [-0.1, -0.05) is 18.6 Å². The average molecular weight is 344 g/mol. The predicted octanol–water partition coefficient (Wildman–Crippen LogP) is 3.49. The highest BCUT2D eigenvalue weighted by atomic mass is 32.1. The van der Waals surface area contributed by atoms with Crippen molar-refractivity contribution in [2.24, 2.45) is 11.8 Å². The van der Waals surface area contributed by atoms with Crippen LogP contribution in [0.25, 0.3) is 0 Å². The monoisotopic (exact) mass is 343 g/mol. The normalized spacial score (nSPS) is 29.2. The standard InChI is InChI=1S/C20H29N3S/c1-14-4-3-5-19(15(14)2)22-8-10-23(11-9-22)20(24)21-18-13-16-6-7-17(18)12-16/h3-5,16-18H,6-13H2,1-2H3,(H,21,24)/t16-,17-,18-/m1/s1. The quantitative estimate of drug-likeness (QED) is 0.828. The Morgan fingerprint density at radius 3 is 2.54 bits per heavy atom. The van der Waals surface area contributed by atoms with E-state index in [1.165, 1.54) is 42.5 Å². The molecule has 0 radical (unpaired) electrons. The number of fused-ring (bicyclic) bond motifs is 2. The molecule has 3 atom stereocenters. The maximum Gasteiger partial charge on any atom is 0.169 e. The van der Waals surface area contributed by atoms with Gasteiger partial charge in [0.1, 0.15) is 0 Å². The van der Waals surface area contributed by atoms with Crippen molar-refractivity contribution in [2.75, 3.05) is 31.1 Å². The van der Waals surface area contributed by atoms with Gasteiger partial charge in [0.2, 0.25) is 0 Å². The van der Waals surface area contributed by atoms with Crippen LogP contribution in [0.4, 0.5) is 5.69 Å². The highest BCUT2D eigenvalue weighted by Crippen LogP contribution is 2.44. The lowest BCUT2D eigenvalue weighted by Gasteiger charge is -2.39. The van der Waals surface area contributed by atoms with E-state index in [2.05, 4.69) is 47.2 Å². The van der Waals surface area contributed by atoms with Crippen LogP contribution in [0.2, 0.25) is 0 Å². The van der Waals surface area contributed by atoms with E-state index in [9.17, 15) is 0 Å². The number of benzene rings is 1. The minimum Gasteiger partial charge on any atom is -0.368 e. The summed E-state index contributed by atoms with van der Waals surface area (Å²) in [7, 11) is 0. The van der Waals surface area contributed by atoms with Crippen molar-refractivity contribution in [3.8, 4) is 0 Å². The average Bonchev–Trinajstić information content (AvgIpc) is 3.20. The third kappa shape index (κ3) is 3.01. The summed E-state index contributed by atoms with van der Waals surface area (Å²) in [4.78, 5) is 4.89. The van der Waals surface area contributed by atoms with Crippen LogP contribution >= 0.6 is 12.2 Å². The SMILES string of the molecule is Cc1cccc(N2CCN(C(=S)N[C@@H]3C[C@@H]4CC[C@@H]3C4)CC2)c1C. The van der Waals surface area contributed by atoms with Crippen LogP contribution in [-0.2, 0) is 0 Å². The smallest absolute Gasteiger partial charge is 0.169 e. The molecule has 1 aromatic rings. The van der Waals surface area contributed by atoms with E-state index in [0.717, 1.165) is 43.1 Å². The van der Waals surface area contributed by atoms with Crippen molar-refractivity contribution in [2.45, 2.75) is 45.6 Å². The second kappa shape index (κ2) is 6.55. The molecule has 24 heavy (non-hydrogen) atoms. The van der Waals surface area contributed by atoms with Gasteiger partial charge in [-0.2, -0.15) is 0 Å². The van der Waals surface area contributed by atoms with Crippen molar-refractivity contribution in [1.82, 2.24) is 10.2 Å². The van der Waals surface area contributed by atoms with Gasteiger partial charge in [-0.15, -0.1) is 0 Å². The third-order valence-electron chi connectivity index (χ3n) is 6.53. The molecule has 3 aliphatic rings. The Morgan fingerprint density at radius 1 is 1.08 bits per heavy atom. The van der Waals surface area contributed by atoms with Crippen LogP contribution in [0, 0.1) is 25.7 Å². The Bertz CT molecular complexity index is 621. The van der Waals surface area contributed by atoms with Gasteiger partial charge in [0.05, 0.1) is 0 Å². The summed E-state index contributed by atoms with van der Waals surface area (Å²) in [5.74, 6) is 1.85. The van der Waals surface area contributed by atoms with E-state index in [0.29, 0.717) is 6.04 Å². The van der Waals surface area contributed by atoms with Crippen LogP contribution in [0.3, 0.4) is 0 Å². The number of rotatable bonds is 2. The lowest BCUT2D eigenvalue weighted by atomic mass is 9.95. The first-order valence-corrected chi connectivity index (χ1v) is 9.89. The molecule has 0 aromatic heterocycles. The summed E-state index contributed by atoms with van der Waals surface area (Å²) >= 11 is 5.72. The first kappa shape index (κ1) is 16.2. The summed E-state index contributed by atoms with van der Waals surface area (Å²) < 4.78 is 0. The van der Waals surface area contributed by atoms with Gasteiger partial charge in [-0.25, -0.2) is 0 Å². The summed E-state index contributed by atoms with van der Waals surface area (Å²) in [6.07, 6.45) is 5.63. The van der Waals surface area contributed by atoms with E-state index in [1.54, 1.807) is 0 Å². The van der Waals surface area contributed by atoms with E-state index in [1.807, 2.05) is 0 Å². The number of piperazine rings is 1. The summed E-state index contributed by atoms with van der Waals surface area (Å²) in [5, 5.41) is 4.69. The molecule has 2 saturated carbocycles. The largest absolute Gasteiger partial charge is 0.368 e. The third-order valence-corrected chi connectivity index (χ3v) is 6.91. The Labute approximate surface area is 151 Å². The maximum absolute atomic E-state index is 5.72. The second-order valence-electron chi connectivity index (χ2n) is 7.92. The lowest BCUT2D eigenvalue weighted by molar-refractivity contribution is 0.345. The van der Waals surface area contributed by atoms with Gasteiger partial charge < -0.3 is 15.1 Å². The summed E-state index contributed by atoms with van der Waals surface area (Å²) in [6.45, 7) is 8.60. The molecule has 1 N–H and O–H groups in total. The van der Waals surface area contributed by atoms with Crippen LogP contribution in [0.5, 0.6) is 0 Å². The maximum atomic E-state index is 5.72. The molecule has 4 rings (SSSR count).